The van der Waals surface area contributed by atoms with Gasteiger partial charge in [0.05, 0.1) is 0 Å². The highest BCUT2D eigenvalue weighted by molar-refractivity contribution is 5.92. The Hall–Kier alpha value is -0.790. The molecule has 0 saturated carbocycles. The molecule has 2 atom stereocenters. The van der Waals surface area contributed by atoms with Crippen LogP contribution in [0.5, 0.6) is 0 Å². The van der Waals surface area contributed by atoms with Gasteiger partial charge in [0.15, 0.2) is 5.78 Å². The minimum Gasteiger partial charge on any atom is -0.388 e. The average molecular weight is 125 g/mol. The summed E-state index contributed by atoms with van der Waals surface area (Å²) in [7, 11) is 0. The van der Waals surface area contributed by atoms with Gasteiger partial charge < -0.3 is 5.32 Å². The fraction of sp³-hybridized carbons (Fsp3) is 0.571. The first-order valence-electron chi connectivity index (χ1n) is 3.18. The van der Waals surface area contributed by atoms with Gasteiger partial charge in [0.25, 0.3) is 0 Å². The van der Waals surface area contributed by atoms with E-state index in [9.17, 15) is 4.79 Å². The van der Waals surface area contributed by atoms with Crippen molar-refractivity contribution < 1.29 is 4.79 Å². The minimum absolute atomic E-state index is 0.134. The van der Waals surface area contributed by atoms with Crippen molar-refractivity contribution >= 4 is 5.78 Å². The van der Waals surface area contributed by atoms with Gasteiger partial charge in [-0.3, -0.25) is 4.79 Å². The summed E-state index contributed by atoms with van der Waals surface area (Å²) in [5, 5.41) is 3.06. The van der Waals surface area contributed by atoms with Crippen LogP contribution in [0.4, 0.5) is 0 Å². The molecule has 1 rings (SSSR count). The van der Waals surface area contributed by atoms with Gasteiger partial charge in [-0.2, -0.15) is 0 Å². The Kier molecular flexibility index (Phi) is 1.56. The number of allylic oxidation sites excluding steroid dienone is 1. The van der Waals surface area contributed by atoms with Crippen LogP contribution in [0.3, 0.4) is 0 Å². The molecule has 0 aromatic rings. The molecule has 0 aromatic carbocycles. The van der Waals surface area contributed by atoms with Crippen LogP contribution in [-0.2, 0) is 4.79 Å². The van der Waals surface area contributed by atoms with Gasteiger partial charge in [-0.1, -0.05) is 6.92 Å². The van der Waals surface area contributed by atoms with E-state index in [1.54, 1.807) is 12.3 Å². The first-order valence-corrected chi connectivity index (χ1v) is 3.18. The molecular formula is C7H11NO. The van der Waals surface area contributed by atoms with Crippen molar-refractivity contribution in [1.29, 1.82) is 0 Å². The van der Waals surface area contributed by atoms with Gasteiger partial charge in [0.2, 0.25) is 0 Å². The number of nitrogens with one attached hydrogen (secondary N) is 1. The van der Waals surface area contributed by atoms with Gasteiger partial charge in [-0.05, 0) is 13.0 Å². The molecule has 0 fully saturated rings. The Morgan fingerprint density at radius 3 is 2.67 bits per heavy atom. The molecule has 2 heteroatoms. The summed E-state index contributed by atoms with van der Waals surface area (Å²) in [5.41, 5.74) is 0. The number of ketones is 1. The van der Waals surface area contributed by atoms with Gasteiger partial charge in [0, 0.05) is 18.2 Å². The molecule has 0 aromatic heterocycles. The van der Waals surface area contributed by atoms with Crippen LogP contribution in [0.15, 0.2) is 12.3 Å². The van der Waals surface area contributed by atoms with Crippen LogP contribution in [0, 0.1) is 5.92 Å². The smallest absolute Gasteiger partial charge is 0.161 e. The highest BCUT2D eigenvalue weighted by atomic mass is 16.1. The molecule has 1 heterocycles. The number of hydrogen-bond donors (Lipinski definition) is 1. The third-order valence-electron chi connectivity index (χ3n) is 1.81. The van der Waals surface area contributed by atoms with E-state index in [1.807, 2.05) is 13.8 Å². The van der Waals surface area contributed by atoms with Crippen molar-refractivity contribution in [2.24, 2.45) is 5.92 Å². The summed E-state index contributed by atoms with van der Waals surface area (Å²) in [6, 6.07) is 0.294. The van der Waals surface area contributed by atoms with Crippen LogP contribution >= 0.6 is 0 Å². The van der Waals surface area contributed by atoms with Crippen LogP contribution in [0.1, 0.15) is 13.8 Å². The van der Waals surface area contributed by atoms with Crippen LogP contribution in [-0.4, -0.2) is 11.8 Å². The van der Waals surface area contributed by atoms with Crippen molar-refractivity contribution in [3.05, 3.63) is 12.3 Å². The second-order valence-corrected chi connectivity index (χ2v) is 2.48. The molecule has 0 radical (unpaired) electrons. The lowest BCUT2D eigenvalue weighted by Crippen LogP contribution is -2.36. The Balaban J connectivity index is 2.69. The number of hydrogen-bond acceptors (Lipinski definition) is 2. The van der Waals surface area contributed by atoms with E-state index in [2.05, 4.69) is 5.32 Å². The number of rotatable bonds is 0. The zero-order chi connectivity index (χ0) is 6.85. The average Bonchev–Trinajstić information content (AvgIpc) is 1.83. The molecule has 9 heavy (non-hydrogen) atoms. The van der Waals surface area contributed by atoms with Gasteiger partial charge in [0.1, 0.15) is 0 Å². The quantitative estimate of drug-likeness (QED) is 0.516. The zero-order valence-corrected chi connectivity index (χ0v) is 5.72. The van der Waals surface area contributed by atoms with E-state index in [1.165, 1.54) is 0 Å². The largest absolute Gasteiger partial charge is 0.388 e. The molecule has 50 valence electrons. The predicted molar refractivity (Wildman–Crippen MR) is 35.9 cm³/mol. The van der Waals surface area contributed by atoms with Crippen LogP contribution < -0.4 is 5.32 Å². The van der Waals surface area contributed by atoms with Crippen LogP contribution in [0.25, 0.3) is 0 Å². The normalized spacial score (nSPS) is 34.2. The molecule has 1 aliphatic rings. The van der Waals surface area contributed by atoms with E-state index < -0.39 is 0 Å². The van der Waals surface area contributed by atoms with Gasteiger partial charge in [-0.15, -0.1) is 0 Å². The first kappa shape index (κ1) is 6.33. The van der Waals surface area contributed by atoms with Crippen molar-refractivity contribution in [1.82, 2.24) is 5.32 Å². The fourth-order valence-electron chi connectivity index (χ4n) is 0.825. The maximum Gasteiger partial charge on any atom is 0.161 e. The summed E-state index contributed by atoms with van der Waals surface area (Å²) < 4.78 is 0. The highest BCUT2D eigenvalue weighted by Crippen LogP contribution is 2.08. The number of carbonyl (C=O) groups is 1. The lowest BCUT2D eigenvalue weighted by molar-refractivity contribution is -0.118. The summed E-state index contributed by atoms with van der Waals surface area (Å²) >= 11 is 0. The Morgan fingerprint density at radius 2 is 2.22 bits per heavy atom. The second kappa shape index (κ2) is 2.21. The van der Waals surface area contributed by atoms with Crippen molar-refractivity contribution in [3.63, 3.8) is 0 Å². The Bertz CT molecular complexity index is 151. The minimum atomic E-state index is 0.134. The molecule has 0 unspecified atom stereocenters. The van der Waals surface area contributed by atoms with E-state index in [0.717, 1.165) is 0 Å². The highest BCUT2D eigenvalue weighted by Gasteiger charge is 2.19. The van der Waals surface area contributed by atoms with E-state index in [-0.39, 0.29) is 11.7 Å². The fourth-order valence-corrected chi connectivity index (χ4v) is 0.825. The summed E-state index contributed by atoms with van der Waals surface area (Å²) in [5.74, 6) is 0.358. The van der Waals surface area contributed by atoms with E-state index in [0.29, 0.717) is 6.04 Å². The van der Waals surface area contributed by atoms with Gasteiger partial charge in [-0.25, -0.2) is 0 Å². The molecule has 0 bridgehead atoms. The molecule has 0 amide bonds. The second-order valence-electron chi connectivity index (χ2n) is 2.48. The monoisotopic (exact) mass is 125 g/mol. The maximum atomic E-state index is 10.9. The lowest BCUT2D eigenvalue weighted by Gasteiger charge is -2.21. The van der Waals surface area contributed by atoms with Gasteiger partial charge >= 0.3 is 0 Å². The topological polar surface area (TPSA) is 29.1 Å². The number of carbonyl (C=O) groups excluding carboxylic acids is 1. The Morgan fingerprint density at radius 1 is 1.56 bits per heavy atom. The standard InChI is InChI=1S/C7H11NO/c1-5-6(2)8-4-3-7(5)9/h3-6,8H,1-2H3/t5-,6+/m0/s1. The molecule has 0 spiro atoms. The Labute approximate surface area is 54.9 Å². The molecule has 1 aliphatic heterocycles. The molecular weight excluding hydrogens is 114 g/mol. The van der Waals surface area contributed by atoms with Crippen molar-refractivity contribution in [2.75, 3.05) is 0 Å². The van der Waals surface area contributed by atoms with E-state index >= 15 is 0 Å². The lowest BCUT2D eigenvalue weighted by atomic mass is 9.96. The first-order chi connectivity index (χ1) is 4.22. The summed E-state index contributed by atoms with van der Waals surface area (Å²) in [4.78, 5) is 10.9. The zero-order valence-electron chi connectivity index (χ0n) is 5.72. The summed E-state index contributed by atoms with van der Waals surface area (Å²) in [6.07, 6.45) is 3.30. The third-order valence-corrected chi connectivity index (χ3v) is 1.81. The molecule has 2 nitrogen and oxygen atoms in total. The third kappa shape index (κ3) is 1.12. The van der Waals surface area contributed by atoms with Crippen LogP contribution in [0.2, 0.25) is 0 Å². The maximum absolute atomic E-state index is 10.9. The summed E-state index contributed by atoms with van der Waals surface area (Å²) in [6.45, 7) is 3.94. The SMILES string of the molecule is C[C@@H]1C(=O)C=CN[C@@H]1C. The molecule has 0 aliphatic carbocycles. The molecule has 0 saturated heterocycles. The van der Waals surface area contributed by atoms with Crippen molar-refractivity contribution in [2.45, 2.75) is 19.9 Å². The molecule has 1 N–H and O–H groups in total. The van der Waals surface area contributed by atoms with Crippen molar-refractivity contribution in [3.8, 4) is 0 Å². The van der Waals surface area contributed by atoms with E-state index in [4.69, 9.17) is 0 Å². The predicted octanol–water partition coefficient (Wildman–Crippen LogP) is 0.697.